The summed E-state index contributed by atoms with van der Waals surface area (Å²) in [5.74, 6) is 0.503. The Balaban J connectivity index is 1.84. The molecule has 1 fully saturated rings. The van der Waals surface area contributed by atoms with Crippen LogP contribution in [-0.4, -0.2) is 34.8 Å². The van der Waals surface area contributed by atoms with Crippen molar-refractivity contribution in [2.24, 2.45) is 5.92 Å². The lowest BCUT2D eigenvalue weighted by molar-refractivity contribution is 0.127. The van der Waals surface area contributed by atoms with Crippen LogP contribution >= 0.6 is 0 Å². The number of aliphatic hydroxyl groups excluding tert-OH is 2. The fourth-order valence-electron chi connectivity index (χ4n) is 2.34. The average molecular weight is 235 g/mol. The standard InChI is InChI=1S/C14H21NO2/c16-10-13-3-1-12(2-4-13)9-15-7-5-14(11-17)6-8-15/h1-4,14,16-17H,5-11H2. The third-order valence-electron chi connectivity index (χ3n) is 3.58. The summed E-state index contributed by atoms with van der Waals surface area (Å²) in [5, 5.41) is 18.1. The first-order chi connectivity index (χ1) is 8.31. The first-order valence-electron chi connectivity index (χ1n) is 6.33. The molecule has 0 amide bonds. The molecule has 0 aliphatic carbocycles. The number of nitrogens with zero attached hydrogens (tertiary/aromatic N) is 1. The van der Waals surface area contributed by atoms with E-state index in [2.05, 4.69) is 17.0 Å². The maximum absolute atomic E-state index is 9.08. The summed E-state index contributed by atoms with van der Waals surface area (Å²) in [5.41, 5.74) is 2.26. The summed E-state index contributed by atoms with van der Waals surface area (Å²) >= 11 is 0. The molecule has 0 radical (unpaired) electrons. The molecule has 0 saturated carbocycles. The molecule has 2 N–H and O–H groups in total. The second kappa shape index (κ2) is 6.15. The molecule has 0 aromatic heterocycles. The number of hydrogen-bond acceptors (Lipinski definition) is 3. The summed E-state index contributed by atoms with van der Waals surface area (Å²) in [6, 6.07) is 8.14. The van der Waals surface area contributed by atoms with E-state index in [0.29, 0.717) is 12.5 Å². The van der Waals surface area contributed by atoms with Gasteiger partial charge in [0.05, 0.1) is 6.61 Å². The van der Waals surface area contributed by atoms with Gasteiger partial charge in [0.25, 0.3) is 0 Å². The van der Waals surface area contributed by atoms with Crippen LogP contribution in [0.1, 0.15) is 24.0 Å². The summed E-state index contributed by atoms with van der Waals surface area (Å²) in [6.45, 7) is 3.57. The van der Waals surface area contributed by atoms with E-state index in [1.807, 2.05) is 12.1 Å². The number of likely N-dealkylation sites (tertiary alicyclic amines) is 1. The zero-order chi connectivity index (χ0) is 12.1. The van der Waals surface area contributed by atoms with Crippen LogP contribution in [0.2, 0.25) is 0 Å². The van der Waals surface area contributed by atoms with Gasteiger partial charge in [-0.3, -0.25) is 4.90 Å². The lowest BCUT2D eigenvalue weighted by atomic mass is 9.97. The van der Waals surface area contributed by atoms with Crippen molar-refractivity contribution >= 4 is 0 Å². The number of rotatable bonds is 4. The lowest BCUT2D eigenvalue weighted by Crippen LogP contribution is -2.34. The van der Waals surface area contributed by atoms with Gasteiger partial charge < -0.3 is 10.2 Å². The van der Waals surface area contributed by atoms with Crippen LogP contribution in [-0.2, 0) is 13.2 Å². The van der Waals surface area contributed by atoms with Crippen LogP contribution in [0.15, 0.2) is 24.3 Å². The van der Waals surface area contributed by atoms with Crippen LogP contribution in [0.25, 0.3) is 0 Å². The van der Waals surface area contributed by atoms with E-state index in [1.54, 1.807) is 0 Å². The molecule has 3 nitrogen and oxygen atoms in total. The summed E-state index contributed by atoms with van der Waals surface area (Å²) < 4.78 is 0. The molecule has 1 aromatic rings. The average Bonchev–Trinajstić information content (AvgIpc) is 2.40. The Morgan fingerprint density at radius 2 is 1.59 bits per heavy atom. The highest BCUT2D eigenvalue weighted by Gasteiger charge is 2.18. The van der Waals surface area contributed by atoms with Crippen LogP contribution in [0.5, 0.6) is 0 Å². The molecule has 0 bridgehead atoms. The Morgan fingerprint density at radius 3 is 2.12 bits per heavy atom. The number of piperidine rings is 1. The van der Waals surface area contributed by atoms with Crippen molar-refractivity contribution in [2.45, 2.75) is 26.0 Å². The van der Waals surface area contributed by atoms with Gasteiger partial charge in [0.1, 0.15) is 0 Å². The molecule has 1 saturated heterocycles. The van der Waals surface area contributed by atoms with Crippen molar-refractivity contribution in [3.05, 3.63) is 35.4 Å². The van der Waals surface area contributed by atoms with E-state index in [9.17, 15) is 0 Å². The van der Waals surface area contributed by atoms with E-state index in [0.717, 1.165) is 38.0 Å². The van der Waals surface area contributed by atoms with Crippen molar-refractivity contribution in [2.75, 3.05) is 19.7 Å². The van der Waals surface area contributed by atoms with E-state index >= 15 is 0 Å². The van der Waals surface area contributed by atoms with E-state index < -0.39 is 0 Å². The largest absolute Gasteiger partial charge is 0.396 e. The second-order valence-corrected chi connectivity index (χ2v) is 4.88. The van der Waals surface area contributed by atoms with Crippen LogP contribution in [0.4, 0.5) is 0 Å². The van der Waals surface area contributed by atoms with Gasteiger partial charge in [-0.05, 0) is 43.0 Å². The normalized spacial score (nSPS) is 18.5. The fraction of sp³-hybridized carbons (Fsp3) is 0.571. The maximum Gasteiger partial charge on any atom is 0.0681 e. The molecule has 1 aromatic carbocycles. The summed E-state index contributed by atoms with van der Waals surface area (Å²) in [4.78, 5) is 2.43. The highest BCUT2D eigenvalue weighted by atomic mass is 16.3. The van der Waals surface area contributed by atoms with Gasteiger partial charge in [-0.2, -0.15) is 0 Å². The highest BCUT2D eigenvalue weighted by Crippen LogP contribution is 2.18. The Bertz CT molecular complexity index is 329. The molecule has 94 valence electrons. The lowest BCUT2D eigenvalue weighted by Gasteiger charge is -2.31. The number of benzene rings is 1. The van der Waals surface area contributed by atoms with E-state index in [-0.39, 0.29) is 6.61 Å². The Hall–Kier alpha value is -0.900. The predicted molar refractivity (Wildman–Crippen MR) is 67.5 cm³/mol. The minimum Gasteiger partial charge on any atom is -0.396 e. The minimum atomic E-state index is 0.113. The third-order valence-corrected chi connectivity index (χ3v) is 3.58. The molecule has 1 aliphatic rings. The van der Waals surface area contributed by atoms with Gasteiger partial charge in [-0.25, -0.2) is 0 Å². The van der Waals surface area contributed by atoms with Gasteiger partial charge in [-0.1, -0.05) is 24.3 Å². The molecular weight excluding hydrogens is 214 g/mol. The molecule has 3 heteroatoms. The van der Waals surface area contributed by atoms with E-state index in [1.165, 1.54) is 5.56 Å². The number of hydrogen-bond donors (Lipinski definition) is 2. The first-order valence-corrected chi connectivity index (χ1v) is 6.33. The molecule has 17 heavy (non-hydrogen) atoms. The third kappa shape index (κ3) is 3.53. The summed E-state index contributed by atoms with van der Waals surface area (Å²) in [6.07, 6.45) is 2.20. The fourth-order valence-corrected chi connectivity index (χ4v) is 2.34. The van der Waals surface area contributed by atoms with Crippen molar-refractivity contribution in [1.29, 1.82) is 0 Å². The molecular formula is C14H21NO2. The molecule has 0 atom stereocenters. The SMILES string of the molecule is OCc1ccc(CN2CCC(CO)CC2)cc1. The molecule has 0 unspecified atom stereocenters. The molecule has 2 rings (SSSR count). The smallest absolute Gasteiger partial charge is 0.0681 e. The molecule has 0 spiro atoms. The number of aliphatic hydroxyl groups is 2. The topological polar surface area (TPSA) is 43.7 Å². The van der Waals surface area contributed by atoms with E-state index in [4.69, 9.17) is 10.2 Å². The first kappa shape index (κ1) is 12.6. The minimum absolute atomic E-state index is 0.113. The van der Waals surface area contributed by atoms with Crippen molar-refractivity contribution in [3.8, 4) is 0 Å². The van der Waals surface area contributed by atoms with Crippen LogP contribution in [0, 0.1) is 5.92 Å². The predicted octanol–water partition coefficient (Wildman–Crippen LogP) is 1.38. The summed E-state index contributed by atoms with van der Waals surface area (Å²) in [7, 11) is 0. The zero-order valence-electron chi connectivity index (χ0n) is 10.2. The van der Waals surface area contributed by atoms with Gasteiger partial charge in [0.15, 0.2) is 0 Å². The Morgan fingerprint density at radius 1 is 1.00 bits per heavy atom. The van der Waals surface area contributed by atoms with Crippen LogP contribution < -0.4 is 0 Å². The maximum atomic E-state index is 9.08. The quantitative estimate of drug-likeness (QED) is 0.828. The molecule has 1 heterocycles. The monoisotopic (exact) mass is 235 g/mol. The Labute approximate surface area is 103 Å². The highest BCUT2D eigenvalue weighted by molar-refractivity contribution is 5.21. The Kier molecular flexibility index (Phi) is 4.54. The van der Waals surface area contributed by atoms with Gasteiger partial charge in [0.2, 0.25) is 0 Å². The van der Waals surface area contributed by atoms with Crippen molar-refractivity contribution < 1.29 is 10.2 Å². The van der Waals surface area contributed by atoms with Gasteiger partial charge in [-0.15, -0.1) is 0 Å². The van der Waals surface area contributed by atoms with Crippen molar-refractivity contribution in [3.63, 3.8) is 0 Å². The zero-order valence-corrected chi connectivity index (χ0v) is 10.2. The van der Waals surface area contributed by atoms with Crippen LogP contribution in [0.3, 0.4) is 0 Å². The molecule has 1 aliphatic heterocycles. The van der Waals surface area contributed by atoms with Gasteiger partial charge >= 0.3 is 0 Å². The van der Waals surface area contributed by atoms with Gasteiger partial charge in [0, 0.05) is 13.2 Å². The second-order valence-electron chi connectivity index (χ2n) is 4.88. The van der Waals surface area contributed by atoms with Crippen molar-refractivity contribution in [1.82, 2.24) is 4.90 Å².